The van der Waals surface area contributed by atoms with Gasteiger partial charge in [0.25, 0.3) is 5.91 Å². The van der Waals surface area contributed by atoms with Gasteiger partial charge < -0.3 is 9.84 Å². The van der Waals surface area contributed by atoms with Gasteiger partial charge in [-0.15, -0.1) is 0 Å². The second kappa shape index (κ2) is 9.21. The standard InChI is InChI=1S/C21H21NO4S2/c1-2-3-12-26-17-9-8-14-6-4-5-7-15(14)16(17)13-18-20(25)22(21(27)28-18)11-10-19(23)24/h4-9,13H,2-3,10-12H2,1H3,(H,23,24)/b18-13-. The quantitative estimate of drug-likeness (QED) is 0.383. The molecule has 7 heteroatoms. The van der Waals surface area contributed by atoms with E-state index < -0.39 is 5.97 Å². The molecule has 0 saturated carbocycles. The smallest absolute Gasteiger partial charge is 0.305 e. The first kappa shape index (κ1) is 20.4. The molecule has 0 atom stereocenters. The minimum absolute atomic E-state index is 0.0761. The number of hydrogen-bond donors (Lipinski definition) is 1. The highest BCUT2D eigenvalue weighted by Gasteiger charge is 2.32. The molecule has 0 unspecified atom stereocenters. The van der Waals surface area contributed by atoms with Crippen molar-refractivity contribution in [1.82, 2.24) is 4.90 Å². The van der Waals surface area contributed by atoms with Gasteiger partial charge in [0.15, 0.2) is 0 Å². The van der Waals surface area contributed by atoms with E-state index in [1.165, 1.54) is 16.7 Å². The molecule has 2 aromatic rings. The molecular formula is C21H21NO4S2. The number of carboxylic acid groups (broad SMARTS) is 1. The summed E-state index contributed by atoms with van der Waals surface area (Å²) in [6, 6.07) is 11.9. The number of fused-ring (bicyclic) bond motifs is 1. The number of carbonyl (C=O) groups excluding carboxylic acids is 1. The summed E-state index contributed by atoms with van der Waals surface area (Å²) in [6.07, 6.45) is 3.65. The van der Waals surface area contributed by atoms with Crippen molar-refractivity contribution in [1.29, 1.82) is 0 Å². The third-order valence-corrected chi connectivity index (χ3v) is 5.76. The normalized spacial score (nSPS) is 15.6. The fourth-order valence-corrected chi connectivity index (χ4v) is 4.20. The fourth-order valence-electron chi connectivity index (χ4n) is 2.91. The molecule has 1 saturated heterocycles. The van der Waals surface area contributed by atoms with E-state index in [1.54, 1.807) is 0 Å². The van der Waals surface area contributed by atoms with Gasteiger partial charge in [-0.3, -0.25) is 14.5 Å². The van der Waals surface area contributed by atoms with Gasteiger partial charge in [0, 0.05) is 12.1 Å². The van der Waals surface area contributed by atoms with Crippen molar-refractivity contribution in [3.63, 3.8) is 0 Å². The molecule has 0 spiro atoms. The Morgan fingerprint density at radius 2 is 2.07 bits per heavy atom. The Morgan fingerprint density at radius 1 is 1.29 bits per heavy atom. The van der Waals surface area contributed by atoms with E-state index in [9.17, 15) is 9.59 Å². The van der Waals surface area contributed by atoms with Crippen molar-refractivity contribution in [3.8, 4) is 5.75 Å². The van der Waals surface area contributed by atoms with Crippen LogP contribution in [0.15, 0.2) is 41.3 Å². The van der Waals surface area contributed by atoms with E-state index in [2.05, 4.69) is 6.92 Å². The van der Waals surface area contributed by atoms with Crippen LogP contribution in [0.25, 0.3) is 16.8 Å². The van der Waals surface area contributed by atoms with Gasteiger partial charge in [-0.1, -0.05) is 67.7 Å². The molecule has 1 aliphatic heterocycles. The number of amides is 1. The van der Waals surface area contributed by atoms with Crippen molar-refractivity contribution >= 4 is 57.0 Å². The summed E-state index contributed by atoms with van der Waals surface area (Å²) in [5.41, 5.74) is 0.841. The van der Waals surface area contributed by atoms with Gasteiger partial charge in [0.05, 0.1) is 17.9 Å². The lowest BCUT2D eigenvalue weighted by molar-refractivity contribution is -0.137. The minimum atomic E-state index is -0.960. The number of aliphatic carboxylic acids is 1. The average Bonchev–Trinajstić information content (AvgIpc) is 2.94. The van der Waals surface area contributed by atoms with Crippen LogP contribution in [0.2, 0.25) is 0 Å². The van der Waals surface area contributed by atoms with Crippen molar-refractivity contribution < 1.29 is 19.4 Å². The molecule has 1 heterocycles. The van der Waals surface area contributed by atoms with Crippen LogP contribution in [0.5, 0.6) is 5.75 Å². The predicted octanol–water partition coefficient (Wildman–Crippen LogP) is 4.69. The summed E-state index contributed by atoms with van der Waals surface area (Å²) in [7, 11) is 0. The van der Waals surface area contributed by atoms with Crippen LogP contribution in [0.1, 0.15) is 31.7 Å². The zero-order chi connectivity index (χ0) is 20.1. The molecule has 146 valence electrons. The fraction of sp³-hybridized carbons (Fsp3) is 0.286. The Kier molecular flexibility index (Phi) is 6.70. The first-order valence-corrected chi connectivity index (χ1v) is 10.4. The van der Waals surface area contributed by atoms with E-state index in [0.717, 1.165) is 34.9 Å². The second-order valence-electron chi connectivity index (χ2n) is 6.38. The van der Waals surface area contributed by atoms with Crippen molar-refractivity contribution in [3.05, 3.63) is 46.9 Å². The number of carboxylic acids is 1. The lowest BCUT2D eigenvalue weighted by atomic mass is 10.0. The van der Waals surface area contributed by atoms with Crippen LogP contribution >= 0.6 is 24.0 Å². The number of thioether (sulfide) groups is 1. The van der Waals surface area contributed by atoms with Crippen LogP contribution in [0, 0.1) is 0 Å². The summed E-state index contributed by atoms with van der Waals surface area (Å²) >= 11 is 6.47. The highest BCUT2D eigenvalue weighted by atomic mass is 32.2. The maximum Gasteiger partial charge on any atom is 0.305 e. The van der Waals surface area contributed by atoms with Crippen LogP contribution < -0.4 is 4.74 Å². The molecule has 5 nitrogen and oxygen atoms in total. The van der Waals surface area contributed by atoms with Crippen molar-refractivity contribution in [2.45, 2.75) is 26.2 Å². The van der Waals surface area contributed by atoms with Gasteiger partial charge in [0.2, 0.25) is 0 Å². The summed E-state index contributed by atoms with van der Waals surface area (Å²) in [4.78, 5) is 25.4. The first-order valence-electron chi connectivity index (χ1n) is 9.13. The Bertz CT molecular complexity index is 955. The molecule has 2 aromatic carbocycles. The highest BCUT2D eigenvalue weighted by molar-refractivity contribution is 8.26. The van der Waals surface area contributed by atoms with Crippen LogP contribution in [-0.4, -0.2) is 39.4 Å². The molecule has 0 aromatic heterocycles. The minimum Gasteiger partial charge on any atom is -0.493 e. The Balaban J connectivity index is 1.97. The van der Waals surface area contributed by atoms with Gasteiger partial charge in [0.1, 0.15) is 10.1 Å². The molecule has 1 amide bonds. The summed E-state index contributed by atoms with van der Waals surface area (Å²) < 4.78 is 6.36. The predicted molar refractivity (Wildman–Crippen MR) is 116 cm³/mol. The molecule has 3 rings (SSSR count). The molecule has 1 fully saturated rings. The third-order valence-electron chi connectivity index (χ3n) is 4.38. The van der Waals surface area contributed by atoms with Gasteiger partial charge >= 0.3 is 5.97 Å². The molecule has 0 aliphatic carbocycles. The van der Waals surface area contributed by atoms with Crippen LogP contribution in [0.3, 0.4) is 0 Å². The Morgan fingerprint density at radius 3 is 2.82 bits per heavy atom. The number of benzene rings is 2. The van der Waals surface area contributed by atoms with Crippen molar-refractivity contribution in [2.75, 3.05) is 13.2 Å². The van der Waals surface area contributed by atoms with E-state index in [-0.39, 0.29) is 18.9 Å². The lowest BCUT2D eigenvalue weighted by Gasteiger charge is -2.13. The lowest BCUT2D eigenvalue weighted by Crippen LogP contribution is -2.30. The van der Waals surface area contributed by atoms with E-state index in [4.69, 9.17) is 22.1 Å². The van der Waals surface area contributed by atoms with Gasteiger partial charge in [-0.05, 0) is 29.3 Å². The third kappa shape index (κ3) is 4.54. The van der Waals surface area contributed by atoms with Gasteiger partial charge in [-0.2, -0.15) is 0 Å². The zero-order valence-corrected chi connectivity index (χ0v) is 17.1. The molecule has 0 radical (unpaired) electrons. The van der Waals surface area contributed by atoms with Crippen LogP contribution in [0.4, 0.5) is 0 Å². The van der Waals surface area contributed by atoms with E-state index >= 15 is 0 Å². The van der Waals surface area contributed by atoms with Crippen LogP contribution in [-0.2, 0) is 9.59 Å². The zero-order valence-electron chi connectivity index (χ0n) is 15.5. The number of thiocarbonyl (C=S) groups is 1. The largest absolute Gasteiger partial charge is 0.493 e. The molecule has 0 bridgehead atoms. The molecule has 28 heavy (non-hydrogen) atoms. The monoisotopic (exact) mass is 415 g/mol. The van der Waals surface area contributed by atoms with E-state index in [0.29, 0.717) is 15.8 Å². The van der Waals surface area contributed by atoms with E-state index in [1.807, 2.05) is 42.5 Å². The van der Waals surface area contributed by atoms with Crippen molar-refractivity contribution in [2.24, 2.45) is 0 Å². The number of unbranched alkanes of at least 4 members (excludes halogenated alkanes) is 1. The highest BCUT2D eigenvalue weighted by Crippen LogP contribution is 2.37. The van der Waals surface area contributed by atoms with Gasteiger partial charge in [-0.25, -0.2) is 0 Å². The maximum absolute atomic E-state index is 12.8. The number of ether oxygens (including phenoxy) is 1. The number of nitrogens with zero attached hydrogens (tertiary/aromatic N) is 1. The Labute approximate surface area is 173 Å². The topological polar surface area (TPSA) is 66.8 Å². The SMILES string of the molecule is CCCCOc1ccc2ccccc2c1/C=C1\SC(=S)N(CCC(=O)O)C1=O. The summed E-state index contributed by atoms with van der Waals surface area (Å²) in [6.45, 7) is 2.79. The molecule has 1 N–H and O–H groups in total. The molecule has 1 aliphatic rings. The number of carbonyl (C=O) groups is 2. The number of rotatable bonds is 8. The molecular weight excluding hydrogens is 394 g/mol. The Hall–Kier alpha value is -2.38. The maximum atomic E-state index is 12.8. The summed E-state index contributed by atoms with van der Waals surface area (Å²) in [5, 5.41) is 10.9. The second-order valence-corrected chi connectivity index (χ2v) is 8.05. The summed E-state index contributed by atoms with van der Waals surface area (Å²) in [5.74, 6) is -0.495. The first-order chi connectivity index (χ1) is 13.5. The number of hydrogen-bond acceptors (Lipinski definition) is 5. The average molecular weight is 416 g/mol.